The van der Waals surface area contributed by atoms with E-state index in [-0.39, 0.29) is 0 Å². The number of benzene rings is 3. The molecule has 1 aromatic heterocycles. The van der Waals surface area contributed by atoms with E-state index < -0.39 is 0 Å². The minimum Gasteiger partial charge on any atom is -0.436 e. The number of rotatable bonds is 4. The Bertz CT molecular complexity index is 1010. The molecule has 1 heterocycles. The summed E-state index contributed by atoms with van der Waals surface area (Å²) in [5.74, 6) is 0.594. The first-order valence-corrected chi connectivity index (χ1v) is 8.99. The Morgan fingerprint density at radius 2 is 1.72 bits per heavy atom. The van der Waals surface area contributed by atoms with Gasteiger partial charge < -0.3 is 9.73 Å². The third-order valence-corrected chi connectivity index (χ3v) is 4.66. The molecule has 0 saturated heterocycles. The van der Waals surface area contributed by atoms with Gasteiger partial charge in [-0.1, -0.05) is 39.7 Å². The summed E-state index contributed by atoms with van der Waals surface area (Å²) in [6, 6.07) is 21.7. The van der Waals surface area contributed by atoms with E-state index in [0.717, 1.165) is 33.4 Å². The molecular weight excluding hydrogens is 400 g/mol. The molecule has 4 aromatic rings. The van der Waals surface area contributed by atoms with Crippen LogP contribution < -0.4 is 5.32 Å². The van der Waals surface area contributed by atoms with Crippen LogP contribution >= 0.6 is 27.5 Å². The van der Waals surface area contributed by atoms with E-state index in [2.05, 4.69) is 38.4 Å². The van der Waals surface area contributed by atoms with Gasteiger partial charge in [0, 0.05) is 27.3 Å². The zero-order valence-corrected chi connectivity index (χ0v) is 15.5. The van der Waals surface area contributed by atoms with E-state index in [1.807, 2.05) is 42.5 Å². The van der Waals surface area contributed by atoms with Gasteiger partial charge in [-0.2, -0.15) is 0 Å². The van der Waals surface area contributed by atoms with Crippen molar-refractivity contribution in [2.45, 2.75) is 6.54 Å². The van der Waals surface area contributed by atoms with Crippen LogP contribution in [0, 0.1) is 0 Å². The quantitative estimate of drug-likeness (QED) is 0.414. The lowest BCUT2D eigenvalue weighted by atomic mass is 10.2. The Morgan fingerprint density at radius 3 is 2.48 bits per heavy atom. The van der Waals surface area contributed by atoms with E-state index >= 15 is 0 Å². The largest absolute Gasteiger partial charge is 0.436 e. The molecule has 0 atom stereocenters. The van der Waals surface area contributed by atoms with Crippen LogP contribution in [0.15, 0.2) is 75.6 Å². The molecule has 0 aliphatic carbocycles. The standard InChI is InChI=1S/C20H14BrClN2O/c21-15-5-1-13(2-6-15)12-23-17-8-3-14(4-9-17)20-24-18-11-16(22)7-10-19(18)25-20/h1-11,23H,12H2. The molecule has 0 unspecified atom stereocenters. The molecule has 3 aromatic carbocycles. The molecule has 124 valence electrons. The molecule has 25 heavy (non-hydrogen) atoms. The predicted molar refractivity (Wildman–Crippen MR) is 106 cm³/mol. The summed E-state index contributed by atoms with van der Waals surface area (Å²) in [5.41, 5.74) is 4.70. The highest BCUT2D eigenvalue weighted by Gasteiger charge is 2.08. The van der Waals surface area contributed by atoms with E-state index in [1.54, 1.807) is 12.1 Å². The Balaban J connectivity index is 1.49. The number of hydrogen-bond donors (Lipinski definition) is 1. The molecule has 0 bridgehead atoms. The normalized spacial score (nSPS) is 11.0. The van der Waals surface area contributed by atoms with Gasteiger partial charge in [0.15, 0.2) is 5.58 Å². The monoisotopic (exact) mass is 412 g/mol. The molecule has 0 radical (unpaired) electrons. The summed E-state index contributed by atoms with van der Waals surface area (Å²) in [5, 5.41) is 4.06. The number of oxazole rings is 1. The Labute approximate surface area is 158 Å². The van der Waals surface area contributed by atoms with Gasteiger partial charge in [-0.3, -0.25) is 0 Å². The summed E-state index contributed by atoms with van der Waals surface area (Å²) >= 11 is 9.44. The van der Waals surface area contributed by atoms with Crippen molar-refractivity contribution < 1.29 is 4.42 Å². The fourth-order valence-corrected chi connectivity index (χ4v) is 2.99. The molecule has 0 aliphatic heterocycles. The molecule has 5 heteroatoms. The second-order valence-corrected chi connectivity index (χ2v) is 7.04. The van der Waals surface area contributed by atoms with E-state index in [4.69, 9.17) is 16.0 Å². The number of aromatic nitrogens is 1. The highest BCUT2D eigenvalue weighted by Crippen LogP contribution is 2.27. The summed E-state index contributed by atoms with van der Waals surface area (Å²) < 4.78 is 6.88. The Morgan fingerprint density at radius 1 is 0.960 bits per heavy atom. The molecule has 0 aliphatic rings. The lowest BCUT2D eigenvalue weighted by molar-refractivity contribution is 0.620. The van der Waals surface area contributed by atoms with Crippen LogP contribution in [-0.4, -0.2) is 4.98 Å². The fraction of sp³-hybridized carbons (Fsp3) is 0.0500. The van der Waals surface area contributed by atoms with Crippen LogP contribution in [0.25, 0.3) is 22.6 Å². The lowest BCUT2D eigenvalue weighted by Crippen LogP contribution is -1.98. The van der Waals surface area contributed by atoms with Crippen LogP contribution in [0.3, 0.4) is 0 Å². The summed E-state index contributed by atoms with van der Waals surface area (Å²) in [6.07, 6.45) is 0. The number of hydrogen-bond acceptors (Lipinski definition) is 3. The molecule has 1 N–H and O–H groups in total. The molecule has 4 rings (SSSR count). The topological polar surface area (TPSA) is 38.1 Å². The minimum atomic E-state index is 0.594. The average Bonchev–Trinajstić information content (AvgIpc) is 3.05. The van der Waals surface area contributed by atoms with Crippen LogP contribution in [0.4, 0.5) is 5.69 Å². The fourth-order valence-electron chi connectivity index (χ4n) is 2.56. The maximum absolute atomic E-state index is 6.00. The summed E-state index contributed by atoms with van der Waals surface area (Å²) in [4.78, 5) is 4.50. The smallest absolute Gasteiger partial charge is 0.227 e. The second kappa shape index (κ2) is 6.90. The van der Waals surface area contributed by atoms with Gasteiger partial charge in [0.1, 0.15) is 5.52 Å². The third kappa shape index (κ3) is 3.70. The van der Waals surface area contributed by atoms with Gasteiger partial charge in [-0.15, -0.1) is 0 Å². The molecule has 0 saturated carbocycles. The number of anilines is 1. The predicted octanol–water partition coefficient (Wildman–Crippen LogP) is 6.52. The van der Waals surface area contributed by atoms with Crippen molar-refractivity contribution in [3.8, 4) is 11.5 Å². The van der Waals surface area contributed by atoms with E-state index in [0.29, 0.717) is 10.9 Å². The van der Waals surface area contributed by atoms with Gasteiger partial charge in [0.05, 0.1) is 0 Å². The molecule has 0 spiro atoms. The van der Waals surface area contributed by atoms with Gasteiger partial charge >= 0.3 is 0 Å². The van der Waals surface area contributed by atoms with Crippen LogP contribution in [0.1, 0.15) is 5.56 Å². The first-order valence-electron chi connectivity index (χ1n) is 7.82. The van der Waals surface area contributed by atoms with Crippen molar-refractivity contribution in [3.05, 3.63) is 81.8 Å². The van der Waals surface area contributed by atoms with Gasteiger partial charge in [-0.05, 0) is 60.2 Å². The lowest BCUT2D eigenvalue weighted by Gasteiger charge is -2.07. The molecule has 0 amide bonds. The Kier molecular flexibility index (Phi) is 4.47. The third-order valence-electron chi connectivity index (χ3n) is 3.89. The van der Waals surface area contributed by atoms with E-state index in [1.165, 1.54) is 5.56 Å². The molecule has 0 fully saturated rings. The Hall–Kier alpha value is -2.30. The van der Waals surface area contributed by atoms with Crippen molar-refractivity contribution in [3.63, 3.8) is 0 Å². The number of nitrogens with one attached hydrogen (secondary N) is 1. The zero-order chi connectivity index (χ0) is 17.2. The van der Waals surface area contributed by atoms with Crippen molar-refractivity contribution in [1.82, 2.24) is 4.98 Å². The molecule has 3 nitrogen and oxygen atoms in total. The zero-order valence-electron chi connectivity index (χ0n) is 13.2. The van der Waals surface area contributed by atoms with Crippen molar-refractivity contribution >= 4 is 44.3 Å². The number of nitrogens with zero attached hydrogens (tertiary/aromatic N) is 1. The van der Waals surface area contributed by atoms with E-state index in [9.17, 15) is 0 Å². The number of halogens is 2. The minimum absolute atomic E-state index is 0.594. The maximum atomic E-state index is 6.00. The van der Waals surface area contributed by atoms with Gasteiger partial charge in [-0.25, -0.2) is 4.98 Å². The first kappa shape index (κ1) is 16.2. The van der Waals surface area contributed by atoms with Crippen LogP contribution in [-0.2, 0) is 6.54 Å². The highest BCUT2D eigenvalue weighted by molar-refractivity contribution is 9.10. The maximum Gasteiger partial charge on any atom is 0.227 e. The number of fused-ring (bicyclic) bond motifs is 1. The highest BCUT2D eigenvalue weighted by atomic mass is 79.9. The summed E-state index contributed by atoms with van der Waals surface area (Å²) in [7, 11) is 0. The first-order chi connectivity index (χ1) is 12.2. The van der Waals surface area contributed by atoms with Crippen LogP contribution in [0.5, 0.6) is 0 Å². The van der Waals surface area contributed by atoms with Crippen molar-refractivity contribution in [2.24, 2.45) is 0 Å². The second-order valence-electron chi connectivity index (χ2n) is 5.69. The molecular formula is C20H14BrClN2O. The SMILES string of the molecule is Clc1ccc2oc(-c3ccc(NCc4ccc(Br)cc4)cc3)nc2c1. The van der Waals surface area contributed by atoms with Crippen molar-refractivity contribution in [2.75, 3.05) is 5.32 Å². The van der Waals surface area contributed by atoms with Crippen molar-refractivity contribution in [1.29, 1.82) is 0 Å². The van der Waals surface area contributed by atoms with Gasteiger partial charge in [0.2, 0.25) is 5.89 Å². The summed E-state index contributed by atoms with van der Waals surface area (Å²) in [6.45, 7) is 0.772. The van der Waals surface area contributed by atoms with Crippen LogP contribution in [0.2, 0.25) is 5.02 Å². The average molecular weight is 414 g/mol. The van der Waals surface area contributed by atoms with Gasteiger partial charge in [0.25, 0.3) is 0 Å².